The van der Waals surface area contributed by atoms with E-state index in [2.05, 4.69) is 5.32 Å². The maximum absolute atomic E-state index is 13.3. The minimum absolute atomic E-state index is 0.0696. The quantitative estimate of drug-likeness (QED) is 0.495. The number of nitro benzene ring substituents is 1. The first-order chi connectivity index (χ1) is 12.8. The van der Waals surface area contributed by atoms with Crippen LogP contribution in [0.15, 0.2) is 42.5 Å². The number of amides is 3. The number of nitrogens with one attached hydrogen (secondary N) is 1. The van der Waals surface area contributed by atoms with Gasteiger partial charge in [0.2, 0.25) is 0 Å². The molecule has 1 aliphatic heterocycles. The molecule has 0 aliphatic carbocycles. The molecule has 3 rings (SSSR count). The van der Waals surface area contributed by atoms with Gasteiger partial charge in [0.1, 0.15) is 11.4 Å². The number of imide groups is 1. The van der Waals surface area contributed by atoms with E-state index in [4.69, 9.17) is 0 Å². The van der Waals surface area contributed by atoms with Crippen molar-refractivity contribution >= 4 is 17.6 Å². The van der Waals surface area contributed by atoms with Gasteiger partial charge in [0.05, 0.1) is 11.5 Å². The van der Waals surface area contributed by atoms with Crippen molar-refractivity contribution in [2.24, 2.45) is 0 Å². The molecule has 1 fully saturated rings. The molecule has 3 amide bonds. The first-order valence-electron chi connectivity index (χ1n) is 8.43. The molecule has 0 aromatic heterocycles. The second-order valence-electron chi connectivity index (χ2n) is 6.41. The summed E-state index contributed by atoms with van der Waals surface area (Å²) in [5.41, 5.74) is 0.0554. The van der Waals surface area contributed by atoms with Crippen LogP contribution in [0.1, 0.15) is 30.0 Å². The van der Waals surface area contributed by atoms with Crippen molar-refractivity contribution in [2.75, 3.05) is 0 Å². The van der Waals surface area contributed by atoms with Crippen LogP contribution >= 0.6 is 0 Å². The average Bonchev–Trinajstić information content (AvgIpc) is 2.88. The molecule has 0 spiro atoms. The maximum atomic E-state index is 13.3. The number of urea groups is 1. The van der Waals surface area contributed by atoms with Crippen molar-refractivity contribution in [1.82, 2.24) is 10.2 Å². The normalized spacial score (nSPS) is 19.3. The Morgan fingerprint density at radius 3 is 2.44 bits per heavy atom. The van der Waals surface area contributed by atoms with Gasteiger partial charge in [0, 0.05) is 11.6 Å². The monoisotopic (exact) mass is 371 g/mol. The Morgan fingerprint density at radius 1 is 1.19 bits per heavy atom. The number of nitro groups is 1. The van der Waals surface area contributed by atoms with Gasteiger partial charge in [-0.05, 0) is 36.6 Å². The first-order valence-corrected chi connectivity index (χ1v) is 8.43. The minimum Gasteiger partial charge on any atom is -0.319 e. The fourth-order valence-electron chi connectivity index (χ4n) is 3.35. The van der Waals surface area contributed by atoms with E-state index in [1.54, 1.807) is 19.9 Å². The van der Waals surface area contributed by atoms with E-state index in [9.17, 15) is 24.1 Å². The molecule has 1 atom stereocenters. The van der Waals surface area contributed by atoms with Gasteiger partial charge in [0.25, 0.3) is 11.6 Å². The molecule has 1 aliphatic rings. The van der Waals surface area contributed by atoms with E-state index in [1.807, 2.05) is 0 Å². The number of carbonyl (C=O) groups excluding carboxylic acids is 2. The molecule has 0 unspecified atom stereocenters. The molecule has 0 bridgehead atoms. The van der Waals surface area contributed by atoms with Crippen LogP contribution in [-0.2, 0) is 16.9 Å². The number of benzene rings is 2. The second kappa shape index (κ2) is 6.79. The number of nitrogens with zero attached hydrogens (tertiary/aromatic N) is 2. The van der Waals surface area contributed by atoms with Crippen LogP contribution in [0.5, 0.6) is 0 Å². The fourth-order valence-corrected chi connectivity index (χ4v) is 3.35. The Balaban J connectivity index is 1.96. The van der Waals surface area contributed by atoms with Crippen LogP contribution in [0, 0.1) is 22.9 Å². The summed E-state index contributed by atoms with van der Waals surface area (Å²) in [5.74, 6) is -0.904. The van der Waals surface area contributed by atoms with Gasteiger partial charge in [-0.25, -0.2) is 9.18 Å². The number of hydrogen-bond acceptors (Lipinski definition) is 4. The molecule has 0 radical (unpaired) electrons. The van der Waals surface area contributed by atoms with Crippen molar-refractivity contribution in [3.8, 4) is 0 Å². The summed E-state index contributed by atoms with van der Waals surface area (Å²) in [6.45, 7) is 3.25. The van der Waals surface area contributed by atoms with E-state index in [0.717, 1.165) is 4.90 Å². The van der Waals surface area contributed by atoms with Crippen molar-refractivity contribution in [1.29, 1.82) is 0 Å². The van der Waals surface area contributed by atoms with Crippen LogP contribution < -0.4 is 5.32 Å². The van der Waals surface area contributed by atoms with Gasteiger partial charge >= 0.3 is 6.03 Å². The van der Waals surface area contributed by atoms with Gasteiger partial charge in [-0.3, -0.25) is 19.8 Å². The molecular formula is C19H18FN3O4. The Kier molecular flexibility index (Phi) is 4.65. The lowest BCUT2D eigenvalue weighted by molar-refractivity contribution is -0.385. The maximum Gasteiger partial charge on any atom is 0.325 e. The number of hydrogen-bond donors (Lipinski definition) is 1. The Morgan fingerprint density at radius 2 is 1.85 bits per heavy atom. The van der Waals surface area contributed by atoms with Crippen LogP contribution in [-0.4, -0.2) is 21.8 Å². The van der Waals surface area contributed by atoms with Crippen molar-refractivity contribution in [3.05, 3.63) is 75.1 Å². The second-order valence-corrected chi connectivity index (χ2v) is 6.41. The molecule has 2 aromatic rings. The van der Waals surface area contributed by atoms with Gasteiger partial charge in [-0.1, -0.05) is 31.2 Å². The predicted molar refractivity (Wildman–Crippen MR) is 95.3 cm³/mol. The molecule has 1 saturated heterocycles. The van der Waals surface area contributed by atoms with E-state index in [-0.39, 0.29) is 18.7 Å². The smallest absolute Gasteiger partial charge is 0.319 e. The lowest BCUT2D eigenvalue weighted by atomic mass is 9.87. The van der Waals surface area contributed by atoms with Crippen LogP contribution in [0.25, 0.3) is 0 Å². The highest BCUT2D eigenvalue weighted by atomic mass is 19.1. The zero-order chi connectivity index (χ0) is 19.8. The summed E-state index contributed by atoms with van der Waals surface area (Å²) in [4.78, 5) is 37.3. The third kappa shape index (κ3) is 3.03. The van der Waals surface area contributed by atoms with Crippen molar-refractivity contribution < 1.29 is 18.9 Å². The zero-order valence-corrected chi connectivity index (χ0v) is 14.9. The summed E-state index contributed by atoms with van der Waals surface area (Å²) < 4.78 is 13.3. The van der Waals surface area contributed by atoms with Gasteiger partial charge in [-0.15, -0.1) is 0 Å². The van der Waals surface area contributed by atoms with E-state index in [0.29, 0.717) is 16.7 Å². The summed E-state index contributed by atoms with van der Waals surface area (Å²) >= 11 is 0. The summed E-state index contributed by atoms with van der Waals surface area (Å²) in [6, 6.07) is 9.37. The number of rotatable bonds is 5. The molecule has 1 N–H and O–H groups in total. The number of carbonyl (C=O) groups is 2. The van der Waals surface area contributed by atoms with E-state index >= 15 is 0 Å². The summed E-state index contributed by atoms with van der Waals surface area (Å²) in [7, 11) is 0. The third-order valence-corrected chi connectivity index (χ3v) is 4.99. The first kappa shape index (κ1) is 18.5. The molecule has 0 saturated carbocycles. The molecule has 1 heterocycles. The third-order valence-electron chi connectivity index (χ3n) is 4.99. The Labute approximate surface area is 154 Å². The minimum atomic E-state index is -1.28. The topological polar surface area (TPSA) is 92.6 Å². The average molecular weight is 371 g/mol. The molecule has 140 valence electrons. The molecule has 2 aromatic carbocycles. The highest BCUT2D eigenvalue weighted by Crippen LogP contribution is 2.34. The molecule has 8 heteroatoms. The summed E-state index contributed by atoms with van der Waals surface area (Å²) in [5, 5.41) is 13.8. The van der Waals surface area contributed by atoms with E-state index < -0.39 is 28.2 Å². The van der Waals surface area contributed by atoms with Gasteiger partial charge < -0.3 is 5.32 Å². The predicted octanol–water partition coefficient (Wildman–Crippen LogP) is 3.40. The van der Waals surface area contributed by atoms with Crippen LogP contribution in [0.3, 0.4) is 0 Å². The standard InChI is InChI=1S/C19H18FN3O4/c1-3-19(14-7-9-15(20)10-8-14)17(24)22(18(25)21-19)11-13-5-4-6-16(12(13)2)23(26)27/h4-10H,3,11H2,1-2H3,(H,21,25)/t19-/m0/s1. The lowest BCUT2D eigenvalue weighted by Crippen LogP contribution is -2.43. The largest absolute Gasteiger partial charge is 0.325 e. The van der Waals surface area contributed by atoms with Crippen molar-refractivity contribution in [2.45, 2.75) is 32.4 Å². The van der Waals surface area contributed by atoms with Gasteiger partial charge in [-0.2, -0.15) is 0 Å². The summed E-state index contributed by atoms with van der Waals surface area (Å²) in [6.07, 6.45) is 0.285. The van der Waals surface area contributed by atoms with Crippen LogP contribution in [0.4, 0.5) is 14.9 Å². The Bertz CT molecular complexity index is 929. The highest BCUT2D eigenvalue weighted by Gasteiger charge is 2.51. The fraction of sp³-hybridized carbons (Fsp3) is 0.263. The number of halogens is 1. The zero-order valence-electron chi connectivity index (χ0n) is 14.9. The van der Waals surface area contributed by atoms with Gasteiger partial charge in [0.15, 0.2) is 0 Å². The SMILES string of the molecule is CC[C@@]1(c2ccc(F)cc2)NC(=O)N(Cc2cccc([N+](=O)[O-])c2C)C1=O. The van der Waals surface area contributed by atoms with E-state index in [1.165, 1.54) is 36.4 Å². The molecular weight excluding hydrogens is 353 g/mol. The lowest BCUT2D eigenvalue weighted by Gasteiger charge is -2.26. The molecule has 27 heavy (non-hydrogen) atoms. The van der Waals surface area contributed by atoms with Crippen LogP contribution in [0.2, 0.25) is 0 Å². The molecule has 7 nitrogen and oxygen atoms in total. The highest BCUT2D eigenvalue weighted by molar-refractivity contribution is 6.07. The van der Waals surface area contributed by atoms with Crippen molar-refractivity contribution in [3.63, 3.8) is 0 Å². The Hall–Kier alpha value is -3.29.